The first kappa shape index (κ1) is 8.07. The molecule has 0 aliphatic carbocycles. The molecule has 1 aromatic rings. The number of aromatic nitrogens is 2. The number of hydrogen-bond donors (Lipinski definition) is 2. The van der Waals surface area contributed by atoms with Crippen molar-refractivity contribution in [2.75, 3.05) is 12.3 Å². The van der Waals surface area contributed by atoms with Crippen molar-refractivity contribution in [2.24, 2.45) is 7.05 Å². The average Bonchev–Trinajstić information content (AvgIpc) is 2.29. The van der Waals surface area contributed by atoms with Gasteiger partial charge in [-0.1, -0.05) is 0 Å². The molecule has 62 valence electrons. The molecular weight excluding hydrogens is 142 g/mol. The number of anilines is 1. The number of aryl methyl sites for hydroxylation is 1. The van der Waals surface area contributed by atoms with Crippen LogP contribution in [0.4, 0.5) is 5.69 Å². The van der Waals surface area contributed by atoms with Crippen molar-refractivity contribution in [3.63, 3.8) is 0 Å². The largest absolute Gasteiger partial charge is 0.396 e. The summed E-state index contributed by atoms with van der Waals surface area (Å²) in [6.07, 6.45) is 3.16. The molecule has 11 heavy (non-hydrogen) atoms. The molecule has 0 saturated carbocycles. The summed E-state index contributed by atoms with van der Waals surface area (Å²) < 4.78 is 1.74. The molecule has 0 atom stereocenters. The lowest BCUT2D eigenvalue weighted by molar-refractivity contribution is 0.287. The van der Waals surface area contributed by atoms with Crippen molar-refractivity contribution in [1.82, 2.24) is 9.78 Å². The second-order valence-corrected chi connectivity index (χ2v) is 2.50. The molecule has 1 heterocycles. The zero-order valence-corrected chi connectivity index (χ0v) is 6.62. The SMILES string of the molecule is Cn1ncc(N)c1CCCO. The topological polar surface area (TPSA) is 64.1 Å². The Morgan fingerprint density at radius 1 is 1.73 bits per heavy atom. The summed E-state index contributed by atoms with van der Waals surface area (Å²) in [5, 5.41) is 12.6. The van der Waals surface area contributed by atoms with Gasteiger partial charge in [0.05, 0.1) is 17.6 Å². The molecule has 1 rings (SSSR count). The average molecular weight is 155 g/mol. The Balaban J connectivity index is 2.67. The second-order valence-electron chi connectivity index (χ2n) is 2.50. The van der Waals surface area contributed by atoms with Crippen LogP contribution in [0.2, 0.25) is 0 Å². The molecule has 0 bridgehead atoms. The normalized spacial score (nSPS) is 10.4. The van der Waals surface area contributed by atoms with Gasteiger partial charge in [-0.05, 0) is 12.8 Å². The van der Waals surface area contributed by atoms with Crippen LogP contribution < -0.4 is 5.73 Å². The van der Waals surface area contributed by atoms with E-state index in [4.69, 9.17) is 10.8 Å². The van der Waals surface area contributed by atoms with E-state index in [1.165, 1.54) is 0 Å². The maximum Gasteiger partial charge on any atom is 0.0732 e. The van der Waals surface area contributed by atoms with Crippen LogP contribution in [0.1, 0.15) is 12.1 Å². The van der Waals surface area contributed by atoms with Crippen molar-refractivity contribution in [3.8, 4) is 0 Å². The molecule has 4 heteroatoms. The van der Waals surface area contributed by atoms with E-state index in [1.807, 2.05) is 7.05 Å². The molecule has 0 saturated heterocycles. The van der Waals surface area contributed by atoms with E-state index in [9.17, 15) is 0 Å². The van der Waals surface area contributed by atoms with Crippen LogP contribution in [0.5, 0.6) is 0 Å². The number of rotatable bonds is 3. The fraction of sp³-hybridized carbons (Fsp3) is 0.571. The maximum atomic E-state index is 8.58. The van der Waals surface area contributed by atoms with Crippen molar-refractivity contribution < 1.29 is 5.11 Å². The first-order chi connectivity index (χ1) is 5.25. The molecule has 0 aliphatic heterocycles. The molecule has 3 N–H and O–H groups in total. The van der Waals surface area contributed by atoms with Crippen LogP contribution in [0.3, 0.4) is 0 Å². The number of aliphatic hydroxyl groups excluding tert-OH is 1. The highest BCUT2D eigenvalue weighted by Gasteiger charge is 2.03. The van der Waals surface area contributed by atoms with Crippen molar-refractivity contribution in [1.29, 1.82) is 0 Å². The maximum absolute atomic E-state index is 8.58. The minimum atomic E-state index is 0.199. The van der Waals surface area contributed by atoms with E-state index >= 15 is 0 Å². The van der Waals surface area contributed by atoms with Crippen LogP contribution in [0.25, 0.3) is 0 Å². The third kappa shape index (κ3) is 1.71. The van der Waals surface area contributed by atoms with Crippen molar-refractivity contribution >= 4 is 5.69 Å². The Bertz CT molecular complexity index is 212. The fourth-order valence-corrected chi connectivity index (χ4v) is 1.03. The summed E-state index contributed by atoms with van der Waals surface area (Å²) >= 11 is 0. The summed E-state index contributed by atoms with van der Waals surface area (Å²) in [4.78, 5) is 0. The number of aliphatic hydroxyl groups is 1. The third-order valence-corrected chi connectivity index (χ3v) is 1.67. The predicted octanol–water partition coefficient (Wildman–Crippen LogP) is -0.0728. The minimum absolute atomic E-state index is 0.199. The first-order valence-electron chi connectivity index (χ1n) is 3.63. The Kier molecular flexibility index (Phi) is 2.48. The number of hydrogen-bond acceptors (Lipinski definition) is 3. The van der Waals surface area contributed by atoms with Gasteiger partial charge in [0.25, 0.3) is 0 Å². The van der Waals surface area contributed by atoms with Crippen molar-refractivity contribution in [2.45, 2.75) is 12.8 Å². The lowest BCUT2D eigenvalue weighted by Crippen LogP contribution is -2.01. The van der Waals surface area contributed by atoms with Gasteiger partial charge in [-0.2, -0.15) is 5.10 Å². The van der Waals surface area contributed by atoms with Gasteiger partial charge in [-0.3, -0.25) is 4.68 Å². The lowest BCUT2D eigenvalue weighted by atomic mass is 10.2. The number of nitrogen functional groups attached to an aromatic ring is 1. The molecule has 0 aliphatic rings. The Hall–Kier alpha value is -1.03. The molecule has 4 nitrogen and oxygen atoms in total. The van der Waals surface area contributed by atoms with Gasteiger partial charge >= 0.3 is 0 Å². The molecule has 0 spiro atoms. The summed E-state index contributed by atoms with van der Waals surface area (Å²) in [6.45, 7) is 0.199. The zero-order chi connectivity index (χ0) is 8.27. The highest BCUT2D eigenvalue weighted by molar-refractivity contribution is 5.40. The molecule has 0 aromatic carbocycles. The highest BCUT2D eigenvalue weighted by Crippen LogP contribution is 2.10. The van der Waals surface area contributed by atoms with Gasteiger partial charge in [-0.15, -0.1) is 0 Å². The number of nitrogens with zero attached hydrogens (tertiary/aromatic N) is 2. The predicted molar refractivity (Wildman–Crippen MR) is 43.0 cm³/mol. The summed E-state index contributed by atoms with van der Waals surface area (Å²) in [5.41, 5.74) is 7.33. The van der Waals surface area contributed by atoms with E-state index in [0.717, 1.165) is 18.5 Å². The van der Waals surface area contributed by atoms with Gasteiger partial charge in [0.2, 0.25) is 0 Å². The minimum Gasteiger partial charge on any atom is -0.396 e. The standard InChI is InChI=1S/C7H13N3O/c1-10-7(3-2-4-11)6(8)5-9-10/h5,11H,2-4,8H2,1H3. The Morgan fingerprint density at radius 2 is 2.45 bits per heavy atom. The zero-order valence-electron chi connectivity index (χ0n) is 6.62. The van der Waals surface area contributed by atoms with Crippen LogP contribution >= 0.6 is 0 Å². The lowest BCUT2D eigenvalue weighted by Gasteiger charge is -2.00. The van der Waals surface area contributed by atoms with E-state index in [1.54, 1.807) is 10.9 Å². The van der Waals surface area contributed by atoms with Gasteiger partial charge < -0.3 is 10.8 Å². The van der Waals surface area contributed by atoms with Crippen molar-refractivity contribution in [3.05, 3.63) is 11.9 Å². The van der Waals surface area contributed by atoms with E-state index < -0.39 is 0 Å². The van der Waals surface area contributed by atoms with E-state index in [0.29, 0.717) is 5.69 Å². The van der Waals surface area contributed by atoms with Crippen LogP contribution in [-0.2, 0) is 13.5 Å². The summed E-state index contributed by atoms with van der Waals surface area (Å²) in [6, 6.07) is 0. The van der Waals surface area contributed by atoms with Gasteiger partial charge in [0.15, 0.2) is 0 Å². The van der Waals surface area contributed by atoms with E-state index in [2.05, 4.69) is 5.10 Å². The first-order valence-corrected chi connectivity index (χ1v) is 3.63. The smallest absolute Gasteiger partial charge is 0.0732 e. The van der Waals surface area contributed by atoms with Gasteiger partial charge in [0.1, 0.15) is 0 Å². The fourth-order valence-electron chi connectivity index (χ4n) is 1.03. The van der Waals surface area contributed by atoms with Crippen LogP contribution in [0, 0.1) is 0 Å². The van der Waals surface area contributed by atoms with Crippen LogP contribution in [0.15, 0.2) is 6.20 Å². The summed E-state index contributed by atoms with van der Waals surface area (Å²) in [7, 11) is 1.85. The Morgan fingerprint density at radius 3 is 2.91 bits per heavy atom. The molecule has 1 aromatic heterocycles. The van der Waals surface area contributed by atoms with Gasteiger partial charge in [-0.25, -0.2) is 0 Å². The van der Waals surface area contributed by atoms with E-state index in [-0.39, 0.29) is 6.61 Å². The number of nitrogens with two attached hydrogens (primary N) is 1. The monoisotopic (exact) mass is 155 g/mol. The van der Waals surface area contributed by atoms with Gasteiger partial charge in [0, 0.05) is 13.7 Å². The molecule has 0 unspecified atom stereocenters. The summed E-state index contributed by atoms with van der Waals surface area (Å²) in [5.74, 6) is 0. The highest BCUT2D eigenvalue weighted by atomic mass is 16.2. The molecular formula is C7H13N3O. The molecule has 0 fully saturated rings. The molecule has 0 amide bonds. The van der Waals surface area contributed by atoms with Crippen LogP contribution in [-0.4, -0.2) is 21.5 Å². The Labute approximate surface area is 65.6 Å². The second kappa shape index (κ2) is 3.39. The molecule has 0 radical (unpaired) electrons. The third-order valence-electron chi connectivity index (χ3n) is 1.67. The quantitative estimate of drug-likeness (QED) is 0.642.